The second kappa shape index (κ2) is 8.74. The highest BCUT2D eigenvalue weighted by atomic mass is 16.5. The molecule has 1 amide bonds. The molecule has 0 saturated heterocycles. The third-order valence-electron chi connectivity index (χ3n) is 6.08. The highest BCUT2D eigenvalue weighted by Gasteiger charge is 2.24. The number of pyridine rings is 1. The summed E-state index contributed by atoms with van der Waals surface area (Å²) in [6.45, 7) is 1.05. The van der Waals surface area contributed by atoms with Gasteiger partial charge in [-0.15, -0.1) is 0 Å². The second-order valence-electron chi connectivity index (χ2n) is 8.01. The van der Waals surface area contributed by atoms with E-state index in [0.717, 1.165) is 18.7 Å². The van der Waals surface area contributed by atoms with Gasteiger partial charge in [0.1, 0.15) is 5.75 Å². The first-order valence-electron chi connectivity index (χ1n) is 10.5. The van der Waals surface area contributed by atoms with Crippen molar-refractivity contribution in [2.24, 2.45) is 5.73 Å². The Morgan fingerprint density at radius 3 is 2.71 bits per heavy atom. The van der Waals surface area contributed by atoms with E-state index in [-0.39, 0.29) is 0 Å². The van der Waals surface area contributed by atoms with Crippen LogP contribution in [0.15, 0.2) is 36.5 Å². The van der Waals surface area contributed by atoms with Crippen LogP contribution in [0.1, 0.15) is 72.3 Å². The van der Waals surface area contributed by atoms with Gasteiger partial charge in [-0.05, 0) is 61.3 Å². The Labute approximate surface area is 166 Å². The highest BCUT2D eigenvalue weighted by molar-refractivity contribution is 5.92. The number of nitrogens with two attached hydrogens (primary N) is 1. The van der Waals surface area contributed by atoms with Gasteiger partial charge in [-0.1, -0.05) is 31.4 Å². The lowest BCUT2D eigenvalue weighted by molar-refractivity contribution is 0.1000. The maximum Gasteiger partial charge on any atom is 0.250 e. The number of benzene rings is 1. The quantitative estimate of drug-likeness (QED) is 0.784. The van der Waals surface area contributed by atoms with E-state index in [1.807, 2.05) is 6.07 Å². The predicted octanol–water partition coefficient (Wildman–Crippen LogP) is 4.32. The number of carbonyl (C=O) groups excluding carboxylic acids is 1. The summed E-state index contributed by atoms with van der Waals surface area (Å²) in [5, 5.41) is 3.82. The summed E-state index contributed by atoms with van der Waals surface area (Å²) in [5.41, 5.74) is 8.36. The fourth-order valence-electron chi connectivity index (χ4n) is 4.54. The molecule has 0 spiro atoms. The van der Waals surface area contributed by atoms with Crippen LogP contribution in [-0.4, -0.2) is 23.5 Å². The zero-order valence-corrected chi connectivity index (χ0v) is 16.3. The van der Waals surface area contributed by atoms with E-state index in [4.69, 9.17) is 10.5 Å². The van der Waals surface area contributed by atoms with Crippen molar-refractivity contribution < 1.29 is 9.53 Å². The number of carbonyl (C=O) groups is 1. The Hall–Kier alpha value is -2.40. The van der Waals surface area contributed by atoms with Crippen LogP contribution in [-0.2, 0) is 6.42 Å². The van der Waals surface area contributed by atoms with Crippen LogP contribution in [0.3, 0.4) is 0 Å². The highest BCUT2D eigenvalue weighted by Crippen LogP contribution is 2.38. The Bertz CT molecular complexity index is 813. The average Bonchev–Trinajstić information content (AvgIpc) is 2.73. The van der Waals surface area contributed by atoms with E-state index in [1.165, 1.54) is 62.3 Å². The number of ether oxygens (including phenoxy) is 1. The fourth-order valence-corrected chi connectivity index (χ4v) is 4.54. The van der Waals surface area contributed by atoms with Crippen LogP contribution < -0.4 is 15.8 Å². The molecule has 0 aliphatic heterocycles. The predicted molar refractivity (Wildman–Crippen MR) is 110 cm³/mol. The molecular weight excluding hydrogens is 350 g/mol. The van der Waals surface area contributed by atoms with Crippen molar-refractivity contribution in [3.05, 3.63) is 53.2 Å². The lowest BCUT2D eigenvalue weighted by atomic mass is 9.82. The number of fused-ring (bicyclic) bond motifs is 1. The van der Waals surface area contributed by atoms with Gasteiger partial charge in [-0.3, -0.25) is 4.79 Å². The lowest BCUT2D eigenvalue weighted by Gasteiger charge is -2.30. The molecule has 1 heterocycles. The number of aromatic nitrogens is 1. The van der Waals surface area contributed by atoms with Crippen LogP contribution in [0.5, 0.6) is 11.6 Å². The van der Waals surface area contributed by atoms with Gasteiger partial charge in [-0.25, -0.2) is 4.98 Å². The molecule has 1 saturated carbocycles. The van der Waals surface area contributed by atoms with Crippen molar-refractivity contribution in [1.29, 1.82) is 0 Å². The minimum absolute atomic E-state index is 0.385. The minimum Gasteiger partial charge on any atom is -0.439 e. The van der Waals surface area contributed by atoms with Crippen LogP contribution in [0.4, 0.5) is 0 Å². The lowest BCUT2D eigenvalue weighted by Crippen LogP contribution is -2.35. The molecule has 1 unspecified atom stereocenters. The van der Waals surface area contributed by atoms with E-state index in [1.54, 1.807) is 12.1 Å². The van der Waals surface area contributed by atoms with Gasteiger partial charge in [0.05, 0.1) is 5.56 Å². The molecule has 4 rings (SSSR count). The van der Waals surface area contributed by atoms with E-state index in [2.05, 4.69) is 22.4 Å². The number of rotatable bonds is 6. The molecular formula is C23H29N3O2. The van der Waals surface area contributed by atoms with Gasteiger partial charge in [0.25, 0.3) is 0 Å². The second-order valence-corrected chi connectivity index (χ2v) is 8.01. The van der Waals surface area contributed by atoms with Gasteiger partial charge in [0.2, 0.25) is 11.8 Å². The number of nitrogens with one attached hydrogen (secondary N) is 1. The standard InChI is InChI=1S/C23H29N3O2/c24-23(27)17-12-13-22(26-15-17)28-21-11-5-9-19-16(6-4-10-20(19)21)14-25-18-7-2-1-3-8-18/h5,9,11-13,15-16,18,25H,1-4,6-8,10,14H2,(H2,24,27). The molecule has 1 fully saturated rings. The normalized spacial score (nSPS) is 19.8. The third kappa shape index (κ3) is 4.36. The summed E-state index contributed by atoms with van der Waals surface area (Å²) in [6.07, 6.45) is 11.6. The van der Waals surface area contributed by atoms with E-state index >= 15 is 0 Å². The number of hydrogen-bond acceptors (Lipinski definition) is 4. The van der Waals surface area contributed by atoms with Gasteiger partial charge >= 0.3 is 0 Å². The molecule has 2 aliphatic rings. The van der Waals surface area contributed by atoms with Crippen LogP contribution in [0.2, 0.25) is 0 Å². The number of amides is 1. The smallest absolute Gasteiger partial charge is 0.250 e. The first kappa shape index (κ1) is 18.9. The molecule has 5 heteroatoms. The molecule has 3 N–H and O–H groups in total. The first-order chi connectivity index (χ1) is 13.7. The Kier molecular flexibility index (Phi) is 5.91. The average molecular weight is 380 g/mol. The van der Waals surface area contributed by atoms with E-state index in [0.29, 0.717) is 23.4 Å². The summed E-state index contributed by atoms with van der Waals surface area (Å²) in [6, 6.07) is 10.4. The van der Waals surface area contributed by atoms with Crippen molar-refractivity contribution in [1.82, 2.24) is 10.3 Å². The summed E-state index contributed by atoms with van der Waals surface area (Å²) < 4.78 is 6.07. The maximum atomic E-state index is 11.2. The molecule has 0 radical (unpaired) electrons. The SMILES string of the molecule is NC(=O)c1ccc(Oc2cccc3c2CCCC3CNC2CCCCC2)nc1. The molecule has 5 nitrogen and oxygen atoms in total. The maximum absolute atomic E-state index is 11.2. The van der Waals surface area contributed by atoms with Crippen LogP contribution in [0.25, 0.3) is 0 Å². The Morgan fingerprint density at radius 1 is 1.11 bits per heavy atom. The van der Waals surface area contributed by atoms with Gasteiger partial charge in [0, 0.05) is 24.8 Å². The van der Waals surface area contributed by atoms with Gasteiger partial charge in [0.15, 0.2) is 0 Å². The van der Waals surface area contributed by atoms with E-state index in [9.17, 15) is 4.79 Å². The molecule has 28 heavy (non-hydrogen) atoms. The van der Waals surface area contributed by atoms with Gasteiger partial charge < -0.3 is 15.8 Å². The molecule has 0 bridgehead atoms. The zero-order valence-electron chi connectivity index (χ0n) is 16.3. The molecule has 148 valence electrons. The van der Waals surface area contributed by atoms with Crippen LogP contribution >= 0.6 is 0 Å². The molecule has 2 aromatic rings. The monoisotopic (exact) mass is 379 g/mol. The third-order valence-corrected chi connectivity index (χ3v) is 6.08. The summed E-state index contributed by atoms with van der Waals surface area (Å²) in [7, 11) is 0. The minimum atomic E-state index is -0.482. The van der Waals surface area contributed by atoms with Crippen LogP contribution in [0, 0.1) is 0 Å². The van der Waals surface area contributed by atoms with Crippen molar-refractivity contribution in [3.63, 3.8) is 0 Å². The summed E-state index contributed by atoms with van der Waals surface area (Å²) in [5.74, 6) is 1.42. The largest absolute Gasteiger partial charge is 0.439 e. The van der Waals surface area contributed by atoms with Crippen molar-refractivity contribution in [2.75, 3.05) is 6.54 Å². The number of nitrogens with zero attached hydrogens (tertiary/aromatic N) is 1. The Morgan fingerprint density at radius 2 is 1.96 bits per heavy atom. The Balaban J connectivity index is 1.47. The summed E-state index contributed by atoms with van der Waals surface area (Å²) in [4.78, 5) is 15.4. The fraction of sp³-hybridized carbons (Fsp3) is 0.478. The number of hydrogen-bond donors (Lipinski definition) is 2. The van der Waals surface area contributed by atoms with Gasteiger partial charge in [-0.2, -0.15) is 0 Å². The molecule has 2 aliphatic carbocycles. The van der Waals surface area contributed by atoms with Crippen molar-refractivity contribution in [3.8, 4) is 11.6 Å². The van der Waals surface area contributed by atoms with Crippen molar-refractivity contribution >= 4 is 5.91 Å². The first-order valence-corrected chi connectivity index (χ1v) is 10.5. The van der Waals surface area contributed by atoms with E-state index < -0.39 is 5.91 Å². The van der Waals surface area contributed by atoms with Crippen molar-refractivity contribution in [2.45, 2.75) is 63.3 Å². The zero-order chi connectivity index (χ0) is 19.3. The summed E-state index contributed by atoms with van der Waals surface area (Å²) >= 11 is 0. The molecule has 1 aromatic heterocycles. The topological polar surface area (TPSA) is 77.2 Å². The molecule has 1 aromatic carbocycles. The number of primary amides is 1. The molecule has 1 atom stereocenters.